The lowest BCUT2D eigenvalue weighted by Gasteiger charge is -2.12. The lowest BCUT2D eigenvalue weighted by atomic mass is 10.1. The van der Waals surface area contributed by atoms with Crippen molar-refractivity contribution in [2.75, 3.05) is 19.0 Å². The minimum Gasteiger partial charge on any atom is -0.378 e. The zero-order chi connectivity index (χ0) is 16.7. The van der Waals surface area contributed by atoms with E-state index in [1.54, 1.807) is 4.68 Å². The van der Waals surface area contributed by atoms with E-state index in [4.69, 9.17) is 0 Å². The summed E-state index contributed by atoms with van der Waals surface area (Å²) in [5.74, 6) is 0. The smallest absolute Gasteiger partial charge is 0.329 e. The van der Waals surface area contributed by atoms with E-state index in [1.165, 1.54) is 7.05 Å². The number of anilines is 1. The molecule has 3 rings (SSSR count). The zero-order valence-electron chi connectivity index (χ0n) is 13.6. The predicted octanol–water partition coefficient (Wildman–Crippen LogP) is 1.18. The molecule has 0 unspecified atom stereocenters. The minimum absolute atomic E-state index is 0.338. The van der Waals surface area contributed by atoms with E-state index < -0.39 is 5.69 Å². The number of aryl methyl sites for hydroxylation is 1. The number of aromatic amines is 1. The van der Waals surface area contributed by atoms with Crippen LogP contribution >= 0.6 is 0 Å². The van der Waals surface area contributed by atoms with Gasteiger partial charge in [0.05, 0.1) is 0 Å². The van der Waals surface area contributed by atoms with Gasteiger partial charge in [0.1, 0.15) is 16.7 Å². The summed E-state index contributed by atoms with van der Waals surface area (Å²) >= 11 is 0. The normalized spacial score (nSPS) is 11.1. The molecule has 0 fully saturated rings. The molecule has 0 saturated carbocycles. The molecule has 1 N–H and O–H groups in total. The summed E-state index contributed by atoms with van der Waals surface area (Å²) in [6.07, 6.45) is 0. The second-order valence-corrected chi connectivity index (χ2v) is 5.62. The fraction of sp³-hybridized carbons (Fsp3) is 0.312. The van der Waals surface area contributed by atoms with E-state index in [1.807, 2.05) is 50.2 Å². The summed E-state index contributed by atoms with van der Waals surface area (Å²) in [5.41, 5.74) is 2.18. The van der Waals surface area contributed by atoms with Crippen LogP contribution in [0.5, 0.6) is 0 Å². The van der Waals surface area contributed by atoms with Gasteiger partial charge in [0.15, 0.2) is 0 Å². The maximum Gasteiger partial charge on any atom is 0.329 e. The highest BCUT2D eigenvalue weighted by molar-refractivity contribution is 5.90. The molecule has 1 aromatic carbocycles. The van der Waals surface area contributed by atoms with Crippen LogP contribution in [0.4, 0.5) is 5.69 Å². The maximum absolute atomic E-state index is 12.5. The number of hydrogen-bond donors (Lipinski definition) is 1. The fourth-order valence-electron chi connectivity index (χ4n) is 2.58. The molecule has 23 heavy (non-hydrogen) atoms. The van der Waals surface area contributed by atoms with Crippen LogP contribution in [0.2, 0.25) is 0 Å². The quantitative estimate of drug-likeness (QED) is 0.788. The first kappa shape index (κ1) is 15.1. The Bertz CT molecular complexity index is 977. The topological polar surface area (TPSA) is 75.9 Å². The monoisotopic (exact) mass is 313 g/mol. The van der Waals surface area contributed by atoms with Crippen LogP contribution in [0.25, 0.3) is 22.3 Å². The molecule has 0 aliphatic rings. The Morgan fingerprint density at radius 1 is 1.17 bits per heavy atom. The van der Waals surface area contributed by atoms with Gasteiger partial charge in [-0.25, -0.2) is 9.48 Å². The first-order valence-corrected chi connectivity index (χ1v) is 7.41. The van der Waals surface area contributed by atoms with Crippen molar-refractivity contribution in [1.82, 2.24) is 19.3 Å². The summed E-state index contributed by atoms with van der Waals surface area (Å²) in [6.45, 7) is 2.48. The van der Waals surface area contributed by atoms with Crippen LogP contribution in [0, 0.1) is 0 Å². The molecule has 0 atom stereocenters. The van der Waals surface area contributed by atoms with Gasteiger partial charge in [0, 0.05) is 38.9 Å². The van der Waals surface area contributed by atoms with Crippen LogP contribution in [-0.4, -0.2) is 33.4 Å². The maximum atomic E-state index is 12.5. The first-order chi connectivity index (χ1) is 10.9. The molecule has 7 nitrogen and oxygen atoms in total. The third kappa shape index (κ3) is 2.34. The molecule has 2 heterocycles. The molecule has 0 saturated heterocycles. The minimum atomic E-state index is -0.438. The Labute approximate surface area is 132 Å². The van der Waals surface area contributed by atoms with Gasteiger partial charge in [0.25, 0.3) is 5.56 Å². The molecule has 2 aromatic heterocycles. The predicted molar refractivity (Wildman–Crippen MR) is 91.0 cm³/mol. The molecule has 0 aliphatic heterocycles. The lowest BCUT2D eigenvalue weighted by molar-refractivity contribution is 0.673. The van der Waals surface area contributed by atoms with Crippen LogP contribution in [-0.2, 0) is 13.6 Å². The zero-order valence-corrected chi connectivity index (χ0v) is 13.6. The number of fused-ring (bicyclic) bond motifs is 1. The van der Waals surface area contributed by atoms with Crippen molar-refractivity contribution < 1.29 is 0 Å². The number of aromatic nitrogens is 4. The second-order valence-electron chi connectivity index (χ2n) is 5.62. The molecule has 0 radical (unpaired) electrons. The molecule has 7 heteroatoms. The Morgan fingerprint density at radius 3 is 2.39 bits per heavy atom. The summed E-state index contributed by atoms with van der Waals surface area (Å²) < 4.78 is 2.72. The molecule has 0 aliphatic carbocycles. The van der Waals surface area contributed by atoms with Crippen molar-refractivity contribution in [3.63, 3.8) is 0 Å². The fourth-order valence-corrected chi connectivity index (χ4v) is 2.58. The second kappa shape index (κ2) is 5.42. The SMILES string of the molecule is CCn1nc(-c2ccc(N(C)C)cc2)c2c(=O)n(C)c(=O)[nH]c21. The van der Waals surface area contributed by atoms with Crippen LogP contribution in [0.3, 0.4) is 0 Å². The van der Waals surface area contributed by atoms with Gasteiger partial charge < -0.3 is 4.90 Å². The Kier molecular flexibility index (Phi) is 3.55. The van der Waals surface area contributed by atoms with Gasteiger partial charge in [-0.05, 0) is 19.1 Å². The highest BCUT2D eigenvalue weighted by atomic mass is 16.2. The number of rotatable bonds is 3. The third-order valence-electron chi connectivity index (χ3n) is 3.96. The summed E-state index contributed by atoms with van der Waals surface area (Å²) in [5, 5.41) is 4.95. The van der Waals surface area contributed by atoms with Crippen LogP contribution in [0.15, 0.2) is 33.9 Å². The molecule has 120 valence electrons. The van der Waals surface area contributed by atoms with E-state index >= 15 is 0 Å². The molecule has 0 spiro atoms. The molecular weight excluding hydrogens is 294 g/mol. The largest absolute Gasteiger partial charge is 0.378 e. The van der Waals surface area contributed by atoms with E-state index in [-0.39, 0.29) is 5.56 Å². The van der Waals surface area contributed by atoms with Crippen LogP contribution in [0.1, 0.15) is 6.92 Å². The summed E-state index contributed by atoms with van der Waals surface area (Å²) in [6, 6.07) is 7.81. The van der Waals surface area contributed by atoms with Gasteiger partial charge in [-0.3, -0.25) is 14.3 Å². The van der Waals surface area contributed by atoms with Gasteiger partial charge in [-0.2, -0.15) is 5.10 Å². The number of benzene rings is 1. The van der Waals surface area contributed by atoms with Gasteiger partial charge in [0.2, 0.25) is 0 Å². The van der Waals surface area contributed by atoms with Crippen molar-refractivity contribution in [2.24, 2.45) is 7.05 Å². The van der Waals surface area contributed by atoms with Gasteiger partial charge in [-0.15, -0.1) is 0 Å². The average molecular weight is 313 g/mol. The first-order valence-electron chi connectivity index (χ1n) is 7.41. The molecular formula is C16H19N5O2. The Hall–Kier alpha value is -2.83. The van der Waals surface area contributed by atoms with Gasteiger partial charge >= 0.3 is 5.69 Å². The highest BCUT2D eigenvalue weighted by Crippen LogP contribution is 2.26. The van der Waals surface area contributed by atoms with Crippen LogP contribution < -0.4 is 16.1 Å². The molecule has 0 amide bonds. The van der Waals surface area contributed by atoms with Gasteiger partial charge in [-0.1, -0.05) is 12.1 Å². The van der Waals surface area contributed by atoms with Crippen molar-refractivity contribution in [3.05, 3.63) is 45.1 Å². The summed E-state index contributed by atoms with van der Waals surface area (Å²) in [4.78, 5) is 29.1. The number of nitrogens with one attached hydrogen (secondary N) is 1. The Morgan fingerprint density at radius 2 is 1.83 bits per heavy atom. The number of nitrogens with zero attached hydrogens (tertiary/aromatic N) is 4. The van der Waals surface area contributed by atoms with Crippen molar-refractivity contribution >= 4 is 16.7 Å². The lowest BCUT2D eigenvalue weighted by Crippen LogP contribution is -2.32. The van der Waals surface area contributed by atoms with E-state index in [9.17, 15) is 9.59 Å². The average Bonchev–Trinajstić information content (AvgIpc) is 2.91. The molecule has 0 bridgehead atoms. The van der Waals surface area contributed by atoms with Crippen molar-refractivity contribution in [2.45, 2.75) is 13.5 Å². The van der Waals surface area contributed by atoms with Crippen molar-refractivity contribution in [3.8, 4) is 11.3 Å². The third-order valence-corrected chi connectivity index (χ3v) is 3.96. The number of hydrogen-bond acceptors (Lipinski definition) is 4. The van der Waals surface area contributed by atoms with E-state index in [2.05, 4.69) is 10.1 Å². The van der Waals surface area contributed by atoms with E-state index in [0.717, 1.165) is 15.8 Å². The number of H-pyrrole nitrogens is 1. The molecule has 3 aromatic rings. The summed E-state index contributed by atoms with van der Waals surface area (Å²) in [7, 11) is 5.40. The highest BCUT2D eigenvalue weighted by Gasteiger charge is 2.17. The Balaban J connectivity index is 2.31. The van der Waals surface area contributed by atoms with Crippen molar-refractivity contribution in [1.29, 1.82) is 0 Å². The van der Waals surface area contributed by atoms with E-state index in [0.29, 0.717) is 23.3 Å². The standard InChI is InChI=1S/C16H19N5O2/c1-5-21-14-12(15(22)20(4)16(23)17-14)13(18-21)10-6-8-11(9-7-10)19(2)3/h6-9H,5H2,1-4H3,(H,17,23).